The third-order valence-corrected chi connectivity index (χ3v) is 5.31. The maximum Gasteiger partial charge on any atom is 0.275 e. The van der Waals surface area contributed by atoms with E-state index in [0.29, 0.717) is 29.9 Å². The van der Waals surface area contributed by atoms with Crippen LogP contribution in [0.5, 0.6) is 0 Å². The van der Waals surface area contributed by atoms with Crippen LogP contribution in [0.15, 0.2) is 30.6 Å². The molecule has 0 aliphatic carbocycles. The van der Waals surface area contributed by atoms with Gasteiger partial charge in [0.1, 0.15) is 0 Å². The number of hydrogen-bond donors (Lipinski definition) is 1. The van der Waals surface area contributed by atoms with Crippen LogP contribution in [0.25, 0.3) is 22.2 Å². The monoisotopic (exact) mass is 412 g/mol. The molecule has 4 heterocycles. The van der Waals surface area contributed by atoms with Crippen molar-refractivity contribution in [3.8, 4) is 11.3 Å². The number of carbonyl (C=O) groups excluding carboxylic acids is 1. The summed E-state index contributed by atoms with van der Waals surface area (Å²) in [6.07, 6.45) is 3.61. The SMILES string of the molecule is Cn1nc2c(c1-c1cc(F)c(F)c(F)c1)CCN(C(=O)c1nccc3cn[nH]c13)C2. The number of aryl methyl sites for hydroxylation is 1. The minimum absolute atomic E-state index is 0.200. The number of aromatic nitrogens is 5. The van der Waals surface area contributed by atoms with Crippen LogP contribution in [0.2, 0.25) is 0 Å². The molecular weight excluding hydrogens is 397 g/mol. The highest BCUT2D eigenvalue weighted by Gasteiger charge is 2.29. The van der Waals surface area contributed by atoms with Crippen molar-refractivity contribution in [2.24, 2.45) is 7.05 Å². The second-order valence-electron chi connectivity index (χ2n) is 7.12. The summed E-state index contributed by atoms with van der Waals surface area (Å²) in [5.41, 5.74) is 2.93. The van der Waals surface area contributed by atoms with Crippen molar-refractivity contribution in [3.63, 3.8) is 0 Å². The molecule has 30 heavy (non-hydrogen) atoms. The van der Waals surface area contributed by atoms with E-state index in [0.717, 1.165) is 23.1 Å². The largest absolute Gasteiger partial charge is 0.331 e. The van der Waals surface area contributed by atoms with E-state index in [2.05, 4.69) is 20.3 Å². The van der Waals surface area contributed by atoms with Crippen LogP contribution in [0.4, 0.5) is 13.2 Å². The van der Waals surface area contributed by atoms with E-state index in [-0.39, 0.29) is 23.7 Å². The third kappa shape index (κ3) is 2.75. The molecule has 1 N–H and O–H groups in total. The Morgan fingerprint density at radius 3 is 2.73 bits per heavy atom. The van der Waals surface area contributed by atoms with Gasteiger partial charge in [-0.15, -0.1) is 0 Å². The maximum atomic E-state index is 13.7. The number of aromatic amines is 1. The van der Waals surface area contributed by atoms with Crippen molar-refractivity contribution in [2.75, 3.05) is 6.54 Å². The van der Waals surface area contributed by atoms with E-state index in [1.165, 1.54) is 4.68 Å². The molecule has 0 fully saturated rings. The number of rotatable bonds is 2. The number of H-pyrrole nitrogens is 1. The van der Waals surface area contributed by atoms with Crippen molar-refractivity contribution >= 4 is 16.8 Å². The van der Waals surface area contributed by atoms with Crippen LogP contribution in [-0.2, 0) is 20.0 Å². The number of halogens is 3. The first kappa shape index (κ1) is 18.3. The smallest absolute Gasteiger partial charge is 0.275 e. The molecule has 1 aliphatic rings. The van der Waals surface area contributed by atoms with Crippen molar-refractivity contribution in [1.29, 1.82) is 0 Å². The Kier molecular flexibility index (Phi) is 4.09. The Morgan fingerprint density at radius 2 is 1.97 bits per heavy atom. The molecule has 0 atom stereocenters. The number of nitrogens with zero attached hydrogens (tertiary/aromatic N) is 5. The minimum atomic E-state index is -1.51. The summed E-state index contributed by atoms with van der Waals surface area (Å²) in [6.45, 7) is 0.600. The quantitative estimate of drug-likeness (QED) is 0.514. The lowest BCUT2D eigenvalue weighted by molar-refractivity contribution is 0.0728. The second kappa shape index (κ2) is 6.68. The van der Waals surface area contributed by atoms with Gasteiger partial charge in [0.25, 0.3) is 5.91 Å². The van der Waals surface area contributed by atoms with Crippen LogP contribution in [0.3, 0.4) is 0 Å². The van der Waals surface area contributed by atoms with Crippen LogP contribution >= 0.6 is 0 Å². The van der Waals surface area contributed by atoms with E-state index in [9.17, 15) is 18.0 Å². The highest BCUT2D eigenvalue weighted by molar-refractivity contribution is 6.03. The average Bonchev–Trinajstić information content (AvgIpc) is 3.33. The van der Waals surface area contributed by atoms with Crippen LogP contribution in [-0.4, -0.2) is 42.3 Å². The summed E-state index contributed by atoms with van der Waals surface area (Å²) < 4.78 is 42.3. The molecule has 0 radical (unpaired) electrons. The Morgan fingerprint density at radius 1 is 1.20 bits per heavy atom. The lowest BCUT2D eigenvalue weighted by Gasteiger charge is -2.26. The molecule has 1 aliphatic heterocycles. The highest BCUT2D eigenvalue weighted by atomic mass is 19.2. The summed E-state index contributed by atoms with van der Waals surface area (Å²) in [6, 6.07) is 3.67. The van der Waals surface area contributed by atoms with Gasteiger partial charge in [-0.2, -0.15) is 10.2 Å². The van der Waals surface area contributed by atoms with Gasteiger partial charge in [0, 0.05) is 36.3 Å². The number of hydrogen-bond acceptors (Lipinski definition) is 4. The number of nitrogens with one attached hydrogen (secondary N) is 1. The van der Waals surface area contributed by atoms with Gasteiger partial charge in [-0.1, -0.05) is 0 Å². The molecule has 0 saturated carbocycles. The predicted molar refractivity (Wildman–Crippen MR) is 101 cm³/mol. The summed E-state index contributed by atoms with van der Waals surface area (Å²) in [7, 11) is 1.64. The lowest BCUT2D eigenvalue weighted by atomic mass is 9.99. The second-order valence-corrected chi connectivity index (χ2v) is 7.12. The minimum Gasteiger partial charge on any atom is -0.331 e. The van der Waals surface area contributed by atoms with E-state index >= 15 is 0 Å². The number of pyridine rings is 1. The van der Waals surface area contributed by atoms with E-state index < -0.39 is 17.5 Å². The first-order valence-corrected chi connectivity index (χ1v) is 9.21. The fraction of sp³-hybridized carbons (Fsp3) is 0.200. The summed E-state index contributed by atoms with van der Waals surface area (Å²) in [4.78, 5) is 18.9. The standard InChI is InChI=1S/C20H15F3N6O/c1-28-19(11-6-13(21)16(23)14(22)7-11)12-3-5-29(9-15(12)27-28)20(30)18-17-10(2-4-24-18)8-25-26-17/h2,4,6-8H,3,5,9H2,1H3,(H,25,26). The van der Waals surface area contributed by atoms with Crippen LogP contribution in [0, 0.1) is 17.5 Å². The lowest BCUT2D eigenvalue weighted by Crippen LogP contribution is -2.36. The number of amides is 1. The maximum absolute atomic E-state index is 13.7. The first-order chi connectivity index (χ1) is 14.4. The zero-order valence-corrected chi connectivity index (χ0v) is 15.8. The number of fused-ring (bicyclic) bond motifs is 2. The molecule has 10 heteroatoms. The van der Waals surface area contributed by atoms with Crippen molar-refractivity contribution in [3.05, 3.63) is 65.0 Å². The molecule has 3 aromatic heterocycles. The summed E-state index contributed by atoms with van der Waals surface area (Å²) in [5.74, 6) is -4.29. The molecule has 5 rings (SSSR count). The summed E-state index contributed by atoms with van der Waals surface area (Å²) >= 11 is 0. The van der Waals surface area contributed by atoms with Gasteiger partial charge in [0.15, 0.2) is 23.1 Å². The highest BCUT2D eigenvalue weighted by Crippen LogP contribution is 2.32. The van der Waals surface area contributed by atoms with Gasteiger partial charge in [-0.05, 0) is 24.6 Å². The summed E-state index contributed by atoms with van der Waals surface area (Å²) in [5, 5.41) is 12.0. The van der Waals surface area contributed by atoms with Crippen molar-refractivity contribution < 1.29 is 18.0 Å². The average molecular weight is 412 g/mol. The topological polar surface area (TPSA) is 79.7 Å². The van der Waals surface area contributed by atoms with Gasteiger partial charge in [0.2, 0.25) is 0 Å². The first-order valence-electron chi connectivity index (χ1n) is 9.21. The molecule has 1 aromatic carbocycles. The van der Waals surface area contributed by atoms with E-state index in [4.69, 9.17) is 0 Å². The predicted octanol–water partition coefficient (Wildman–Crippen LogP) is 2.97. The molecule has 0 bridgehead atoms. The zero-order chi connectivity index (χ0) is 21.0. The Balaban J connectivity index is 1.49. The number of benzene rings is 1. The molecule has 0 saturated heterocycles. The molecule has 152 valence electrons. The van der Waals surface area contributed by atoms with E-state index in [1.807, 2.05) is 0 Å². The molecule has 1 amide bonds. The fourth-order valence-corrected chi connectivity index (χ4v) is 3.93. The Hall–Kier alpha value is -3.69. The van der Waals surface area contributed by atoms with Gasteiger partial charge in [-0.25, -0.2) is 18.2 Å². The molecule has 7 nitrogen and oxygen atoms in total. The van der Waals surface area contributed by atoms with Gasteiger partial charge in [-0.3, -0.25) is 14.6 Å². The zero-order valence-electron chi connectivity index (χ0n) is 15.8. The Bertz CT molecular complexity index is 1290. The molecule has 0 spiro atoms. The van der Waals surface area contributed by atoms with Crippen molar-refractivity contribution in [2.45, 2.75) is 13.0 Å². The normalized spacial score (nSPS) is 13.7. The molecule has 4 aromatic rings. The van der Waals surface area contributed by atoms with Gasteiger partial charge < -0.3 is 4.90 Å². The van der Waals surface area contributed by atoms with Gasteiger partial charge >= 0.3 is 0 Å². The van der Waals surface area contributed by atoms with E-state index in [1.54, 1.807) is 30.4 Å². The van der Waals surface area contributed by atoms with Crippen LogP contribution < -0.4 is 0 Å². The fourth-order valence-electron chi connectivity index (χ4n) is 3.93. The van der Waals surface area contributed by atoms with Crippen LogP contribution in [0.1, 0.15) is 21.7 Å². The molecular formula is C20H15F3N6O. The Labute approximate surface area is 168 Å². The number of carbonyl (C=O) groups is 1. The van der Waals surface area contributed by atoms with Crippen molar-refractivity contribution in [1.82, 2.24) is 29.9 Å². The molecule has 0 unspecified atom stereocenters. The third-order valence-electron chi connectivity index (χ3n) is 5.31. The van der Waals surface area contributed by atoms with Gasteiger partial charge in [0.05, 0.1) is 29.6 Å².